The summed E-state index contributed by atoms with van der Waals surface area (Å²) in [6.45, 7) is 3.84. The lowest BCUT2D eigenvalue weighted by molar-refractivity contribution is 0.543. The molecule has 0 bridgehead atoms. The molecule has 2 heterocycles. The number of benzene rings is 1. The highest BCUT2D eigenvalue weighted by molar-refractivity contribution is 5.80. The fraction of sp³-hybridized carbons (Fsp3) is 0.214. The van der Waals surface area contributed by atoms with Crippen LogP contribution < -0.4 is 5.73 Å². The summed E-state index contributed by atoms with van der Waals surface area (Å²) in [5, 5.41) is 5.47. The number of nitrogen functional groups attached to an aromatic ring is 1. The van der Waals surface area contributed by atoms with Gasteiger partial charge >= 0.3 is 0 Å². The Labute approximate surface area is 106 Å². The van der Waals surface area contributed by atoms with Crippen molar-refractivity contribution in [2.75, 3.05) is 5.73 Å². The molecule has 0 amide bonds. The molecular weight excluding hydrogens is 224 g/mol. The summed E-state index contributed by atoms with van der Waals surface area (Å²) in [6, 6.07) is 8.66. The molecule has 0 atom stereocenters. The first-order valence-corrected chi connectivity index (χ1v) is 6.06. The van der Waals surface area contributed by atoms with Gasteiger partial charge in [0.25, 0.3) is 0 Å². The zero-order chi connectivity index (χ0) is 12.5. The zero-order valence-corrected chi connectivity index (χ0v) is 10.4. The molecule has 2 aromatic heterocycles. The summed E-state index contributed by atoms with van der Waals surface area (Å²) >= 11 is 0. The van der Waals surface area contributed by atoms with E-state index in [9.17, 15) is 0 Å². The molecule has 0 aliphatic heterocycles. The molecule has 92 valence electrons. The van der Waals surface area contributed by atoms with Crippen LogP contribution >= 0.6 is 0 Å². The van der Waals surface area contributed by atoms with Gasteiger partial charge in [-0.3, -0.25) is 4.68 Å². The molecule has 0 unspecified atom stereocenters. The smallest absolute Gasteiger partial charge is 0.0719 e. The second-order valence-electron chi connectivity index (χ2n) is 4.61. The standard InChI is InChI=1S/C14H16N4/c1-11-2-3-12-4-5-17(14(12)8-11)6-7-18-10-13(15)9-16-18/h2-5,8-10H,6-7,15H2,1H3. The minimum atomic E-state index is 0.711. The maximum absolute atomic E-state index is 5.65. The van der Waals surface area contributed by atoms with Gasteiger partial charge in [0.2, 0.25) is 0 Å². The summed E-state index contributed by atoms with van der Waals surface area (Å²) in [4.78, 5) is 0. The Hall–Kier alpha value is -2.23. The molecule has 0 aliphatic carbocycles. The molecule has 0 saturated heterocycles. The van der Waals surface area contributed by atoms with Crippen molar-refractivity contribution in [1.29, 1.82) is 0 Å². The third-order valence-corrected chi connectivity index (χ3v) is 3.15. The zero-order valence-electron chi connectivity index (χ0n) is 10.4. The van der Waals surface area contributed by atoms with E-state index in [1.165, 1.54) is 16.5 Å². The molecule has 0 saturated carbocycles. The Morgan fingerprint density at radius 2 is 2.11 bits per heavy atom. The van der Waals surface area contributed by atoms with Crippen molar-refractivity contribution in [2.24, 2.45) is 0 Å². The third kappa shape index (κ3) is 1.97. The van der Waals surface area contributed by atoms with Gasteiger partial charge in [-0.15, -0.1) is 0 Å². The van der Waals surface area contributed by atoms with Gasteiger partial charge in [0.05, 0.1) is 18.4 Å². The van der Waals surface area contributed by atoms with Gasteiger partial charge in [0, 0.05) is 24.5 Å². The topological polar surface area (TPSA) is 48.8 Å². The summed E-state index contributed by atoms with van der Waals surface area (Å²) < 4.78 is 4.12. The molecule has 0 aliphatic rings. The molecule has 4 heteroatoms. The Bertz CT molecular complexity index is 678. The number of hydrogen-bond acceptors (Lipinski definition) is 2. The molecule has 0 fully saturated rings. The van der Waals surface area contributed by atoms with Gasteiger partial charge in [-0.2, -0.15) is 5.10 Å². The first-order valence-electron chi connectivity index (χ1n) is 6.06. The minimum absolute atomic E-state index is 0.711. The number of aryl methyl sites for hydroxylation is 3. The lowest BCUT2D eigenvalue weighted by atomic mass is 10.2. The van der Waals surface area contributed by atoms with Gasteiger partial charge in [0.1, 0.15) is 0 Å². The average Bonchev–Trinajstić information content (AvgIpc) is 2.93. The Morgan fingerprint density at radius 3 is 2.89 bits per heavy atom. The van der Waals surface area contributed by atoms with E-state index in [4.69, 9.17) is 5.73 Å². The predicted octanol–water partition coefficient (Wildman–Crippen LogP) is 2.43. The van der Waals surface area contributed by atoms with Crippen LogP contribution in [-0.4, -0.2) is 14.3 Å². The van der Waals surface area contributed by atoms with Crippen LogP contribution in [0.4, 0.5) is 5.69 Å². The highest BCUT2D eigenvalue weighted by Crippen LogP contribution is 2.17. The van der Waals surface area contributed by atoms with Crippen LogP contribution in [0.5, 0.6) is 0 Å². The fourth-order valence-electron chi connectivity index (χ4n) is 2.20. The number of anilines is 1. The van der Waals surface area contributed by atoms with Crippen LogP contribution in [0.15, 0.2) is 42.9 Å². The number of aromatic nitrogens is 3. The Morgan fingerprint density at radius 1 is 1.22 bits per heavy atom. The van der Waals surface area contributed by atoms with Crippen LogP contribution in [0.1, 0.15) is 5.56 Å². The van der Waals surface area contributed by atoms with E-state index in [2.05, 4.69) is 47.1 Å². The van der Waals surface area contributed by atoms with E-state index in [0.29, 0.717) is 5.69 Å². The van der Waals surface area contributed by atoms with Crippen LogP contribution in [0.3, 0.4) is 0 Å². The second-order valence-corrected chi connectivity index (χ2v) is 4.61. The van der Waals surface area contributed by atoms with Crippen molar-refractivity contribution >= 4 is 16.6 Å². The average molecular weight is 240 g/mol. The SMILES string of the molecule is Cc1ccc2ccn(CCn3cc(N)cn3)c2c1. The van der Waals surface area contributed by atoms with E-state index >= 15 is 0 Å². The summed E-state index contributed by atoms with van der Waals surface area (Å²) in [7, 11) is 0. The minimum Gasteiger partial charge on any atom is -0.396 e. The predicted molar refractivity (Wildman–Crippen MR) is 73.3 cm³/mol. The van der Waals surface area contributed by atoms with Crippen molar-refractivity contribution in [3.05, 3.63) is 48.4 Å². The largest absolute Gasteiger partial charge is 0.396 e. The van der Waals surface area contributed by atoms with E-state index in [1.807, 2.05) is 10.9 Å². The lowest BCUT2D eigenvalue weighted by Crippen LogP contribution is -2.06. The number of fused-ring (bicyclic) bond motifs is 1. The Balaban J connectivity index is 1.84. The summed E-state index contributed by atoms with van der Waals surface area (Å²) in [6.07, 6.45) is 5.66. The van der Waals surface area contributed by atoms with Gasteiger partial charge in [-0.05, 0) is 30.0 Å². The highest BCUT2D eigenvalue weighted by Gasteiger charge is 2.02. The number of hydrogen-bond donors (Lipinski definition) is 1. The molecule has 4 nitrogen and oxygen atoms in total. The van der Waals surface area contributed by atoms with Crippen LogP contribution in [0.2, 0.25) is 0 Å². The second kappa shape index (κ2) is 4.22. The highest BCUT2D eigenvalue weighted by atomic mass is 15.3. The normalized spacial score (nSPS) is 11.2. The molecule has 18 heavy (non-hydrogen) atoms. The third-order valence-electron chi connectivity index (χ3n) is 3.15. The monoisotopic (exact) mass is 240 g/mol. The van der Waals surface area contributed by atoms with Crippen LogP contribution in [0, 0.1) is 6.92 Å². The summed E-state index contributed by atoms with van der Waals surface area (Å²) in [5.41, 5.74) is 8.92. The van der Waals surface area contributed by atoms with E-state index in [0.717, 1.165) is 13.1 Å². The molecule has 3 aromatic rings. The van der Waals surface area contributed by atoms with Crippen molar-refractivity contribution in [1.82, 2.24) is 14.3 Å². The van der Waals surface area contributed by atoms with Crippen molar-refractivity contribution < 1.29 is 0 Å². The maximum atomic E-state index is 5.65. The van der Waals surface area contributed by atoms with Crippen LogP contribution in [0.25, 0.3) is 10.9 Å². The number of nitrogens with two attached hydrogens (primary N) is 1. The number of rotatable bonds is 3. The van der Waals surface area contributed by atoms with Crippen molar-refractivity contribution in [2.45, 2.75) is 20.0 Å². The van der Waals surface area contributed by atoms with E-state index in [1.54, 1.807) is 6.20 Å². The molecule has 1 aromatic carbocycles. The Kier molecular flexibility index (Phi) is 2.55. The van der Waals surface area contributed by atoms with Crippen molar-refractivity contribution in [3.63, 3.8) is 0 Å². The van der Waals surface area contributed by atoms with E-state index < -0.39 is 0 Å². The quantitative estimate of drug-likeness (QED) is 0.764. The van der Waals surface area contributed by atoms with Gasteiger partial charge in [0.15, 0.2) is 0 Å². The van der Waals surface area contributed by atoms with Crippen LogP contribution in [-0.2, 0) is 13.1 Å². The lowest BCUT2D eigenvalue weighted by Gasteiger charge is -2.06. The van der Waals surface area contributed by atoms with Gasteiger partial charge < -0.3 is 10.3 Å². The first-order chi connectivity index (χ1) is 8.72. The van der Waals surface area contributed by atoms with Crippen molar-refractivity contribution in [3.8, 4) is 0 Å². The molecule has 2 N–H and O–H groups in total. The molecule has 0 spiro atoms. The molecular formula is C14H16N4. The first kappa shape index (κ1) is 10.9. The number of nitrogens with zero attached hydrogens (tertiary/aromatic N) is 3. The van der Waals surface area contributed by atoms with E-state index in [-0.39, 0.29) is 0 Å². The van der Waals surface area contributed by atoms with Gasteiger partial charge in [-0.25, -0.2) is 0 Å². The fourth-order valence-corrected chi connectivity index (χ4v) is 2.20. The maximum Gasteiger partial charge on any atom is 0.0719 e. The van der Waals surface area contributed by atoms with Gasteiger partial charge in [-0.1, -0.05) is 12.1 Å². The molecule has 3 rings (SSSR count). The molecule has 0 radical (unpaired) electrons. The summed E-state index contributed by atoms with van der Waals surface area (Å²) in [5.74, 6) is 0.